The second kappa shape index (κ2) is 3.97. The van der Waals surface area contributed by atoms with E-state index >= 15 is 0 Å². The molecule has 1 N–H and O–H groups in total. The van der Waals surface area contributed by atoms with E-state index in [2.05, 4.69) is 13.0 Å². The molecular weight excluding hydrogens is 184 g/mol. The Balaban J connectivity index is 2.08. The monoisotopic (exact) mass is 204 g/mol. The Morgan fingerprint density at radius 1 is 1.33 bits per heavy atom. The van der Waals surface area contributed by atoms with Gasteiger partial charge in [0.1, 0.15) is 0 Å². The first-order valence-corrected chi connectivity index (χ1v) is 5.88. The summed E-state index contributed by atoms with van der Waals surface area (Å²) in [6.45, 7) is 4.01. The second-order valence-electron chi connectivity index (χ2n) is 5.07. The molecule has 1 aliphatic rings. The lowest BCUT2D eigenvalue weighted by molar-refractivity contribution is 0.0433. The summed E-state index contributed by atoms with van der Waals surface area (Å²) in [5.41, 5.74) is 1.64. The molecule has 2 rings (SSSR count). The molecule has 0 heterocycles. The van der Waals surface area contributed by atoms with E-state index in [0.29, 0.717) is 0 Å². The van der Waals surface area contributed by atoms with Crippen LogP contribution in [0.2, 0.25) is 0 Å². The molecule has 0 saturated heterocycles. The molecular formula is C14H20O. The van der Waals surface area contributed by atoms with Crippen molar-refractivity contribution in [1.82, 2.24) is 0 Å². The number of benzene rings is 1. The van der Waals surface area contributed by atoms with Crippen LogP contribution in [-0.4, -0.2) is 5.11 Å². The van der Waals surface area contributed by atoms with Gasteiger partial charge in [-0.2, -0.15) is 0 Å². The molecule has 1 unspecified atom stereocenters. The van der Waals surface area contributed by atoms with E-state index in [0.717, 1.165) is 17.9 Å². The number of hydrogen-bond donors (Lipinski definition) is 1. The Bertz CT molecular complexity index is 337. The average molecular weight is 204 g/mol. The maximum atomic E-state index is 10.4. The third-order valence-electron chi connectivity index (χ3n) is 3.46. The number of aliphatic hydroxyl groups is 1. The lowest BCUT2D eigenvalue weighted by Gasteiger charge is -2.25. The van der Waals surface area contributed by atoms with Gasteiger partial charge in [0.2, 0.25) is 0 Å². The smallest absolute Gasteiger partial charge is 0.0871 e. The minimum Gasteiger partial charge on any atom is -0.385 e. The summed E-state index contributed by atoms with van der Waals surface area (Å²) in [7, 11) is 0. The van der Waals surface area contributed by atoms with E-state index in [1.165, 1.54) is 24.8 Å². The van der Waals surface area contributed by atoms with Crippen LogP contribution in [0.5, 0.6) is 0 Å². The fraction of sp³-hybridized carbons (Fsp3) is 0.571. The van der Waals surface area contributed by atoms with Gasteiger partial charge in [-0.15, -0.1) is 0 Å². The van der Waals surface area contributed by atoms with Gasteiger partial charge in [-0.3, -0.25) is 0 Å². The third-order valence-corrected chi connectivity index (χ3v) is 3.46. The van der Waals surface area contributed by atoms with Crippen LogP contribution in [0.4, 0.5) is 0 Å². The van der Waals surface area contributed by atoms with Crippen molar-refractivity contribution >= 4 is 0 Å². The van der Waals surface area contributed by atoms with Crippen LogP contribution in [0, 0.1) is 12.8 Å². The Hall–Kier alpha value is -0.820. The third kappa shape index (κ3) is 2.60. The van der Waals surface area contributed by atoms with Crippen molar-refractivity contribution in [1.29, 1.82) is 0 Å². The Kier molecular flexibility index (Phi) is 2.83. The summed E-state index contributed by atoms with van der Waals surface area (Å²) < 4.78 is 0. The summed E-state index contributed by atoms with van der Waals surface area (Å²) in [6, 6.07) is 8.15. The van der Waals surface area contributed by atoms with Crippen LogP contribution in [0.25, 0.3) is 0 Å². The first-order chi connectivity index (χ1) is 7.09. The number of rotatable bonds is 4. The maximum Gasteiger partial charge on any atom is 0.0871 e. The van der Waals surface area contributed by atoms with E-state index in [4.69, 9.17) is 0 Å². The van der Waals surface area contributed by atoms with Crippen molar-refractivity contribution in [3.8, 4) is 0 Å². The van der Waals surface area contributed by atoms with E-state index in [1.807, 2.05) is 25.1 Å². The molecule has 1 heteroatoms. The Morgan fingerprint density at radius 3 is 2.60 bits per heavy atom. The molecule has 0 amide bonds. The molecule has 1 saturated carbocycles. The van der Waals surface area contributed by atoms with Crippen LogP contribution in [0.3, 0.4) is 0 Å². The molecule has 1 aliphatic carbocycles. The lowest BCUT2D eigenvalue weighted by Crippen LogP contribution is -2.22. The van der Waals surface area contributed by atoms with Crippen molar-refractivity contribution in [3.63, 3.8) is 0 Å². The zero-order chi connectivity index (χ0) is 10.9. The predicted molar refractivity (Wildman–Crippen MR) is 62.7 cm³/mol. The summed E-state index contributed by atoms with van der Waals surface area (Å²) in [6.07, 6.45) is 4.79. The molecule has 82 valence electrons. The van der Waals surface area contributed by atoms with Gasteiger partial charge in [0.15, 0.2) is 0 Å². The molecule has 1 nitrogen and oxygen atoms in total. The molecule has 0 radical (unpaired) electrons. The number of hydrogen-bond acceptors (Lipinski definition) is 1. The van der Waals surface area contributed by atoms with Gasteiger partial charge in [-0.1, -0.05) is 37.1 Å². The highest BCUT2D eigenvalue weighted by atomic mass is 16.3. The Morgan fingerprint density at radius 2 is 2.00 bits per heavy atom. The summed E-state index contributed by atoms with van der Waals surface area (Å²) in [5.74, 6) is 0.889. The topological polar surface area (TPSA) is 20.2 Å². The first kappa shape index (κ1) is 10.7. The first-order valence-electron chi connectivity index (χ1n) is 5.88. The summed E-state index contributed by atoms with van der Waals surface area (Å²) >= 11 is 0. The van der Waals surface area contributed by atoms with Crippen molar-refractivity contribution in [2.45, 2.75) is 45.1 Å². The molecule has 0 bridgehead atoms. The summed E-state index contributed by atoms with van der Waals surface area (Å²) in [4.78, 5) is 0. The van der Waals surface area contributed by atoms with Crippen molar-refractivity contribution in [2.75, 3.05) is 0 Å². The van der Waals surface area contributed by atoms with Crippen LogP contribution in [0.1, 0.15) is 43.7 Å². The molecule has 1 aromatic rings. The Labute approximate surface area is 92.1 Å². The van der Waals surface area contributed by atoms with Crippen LogP contribution in [-0.2, 0) is 5.60 Å². The molecule has 1 fully saturated rings. The molecule has 1 aromatic carbocycles. The zero-order valence-corrected chi connectivity index (χ0v) is 9.66. The normalized spacial score (nSPS) is 19.9. The van der Waals surface area contributed by atoms with E-state index in [1.54, 1.807) is 0 Å². The fourth-order valence-corrected chi connectivity index (χ4v) is 2.20. The second-order valence-corrected chi connectivity index (χ2v) is 5.07. The maximum absolute atomic E-state index is 10.4. The van der Waals surface area contributed by atoms with Gasteiger partial charge in [0.05, 0.1) is 5.60 Å². The van der Waals surface area contributed by atoms with Crippen LogP contribution in [0.15, 0.2) is 24.3 Å². The summed E-state index contributed by atoms with van der Waals surface area (Å²) in [5, 5.41) is 10.4. The van der Waals surface area contributed by atoms with Gasteiger partial charge in [-0.05, 0) is 43.7 Å². The minimum absolute atomic E-state index is 0.645. The van der Waals surface area contributed by atoms with E-state index in [-0.39, 0.29) is 0 Å². The van der Waals surface area contributed by atoms with Gasteiger partial charge in [0, 0.05) is 0 Å². The van der Waals surface area contributed by atoms with E-state index in [9.17, 15) is 5.11 Å². The largest absolute Gasteiger partial charge is 0.385 e. The SMILES string of the molecule is Cc1ccccc1C(C)(O)CCC1CC1. The quantitative estimate of drug-likeness (QED) is 0.797. The van der Waals surface area contributed by atoms with Crippen molar-refractivity contribution in [3.05, 3.63) is 35.4 Å². The highest BCUT2D eigenvalue weighted by molar-refractivity contribution is 5.30. The van der Waals surface area contributed by atoms with Gasteiger partial charge >= 0.3 is 0 Å². The minimum atomic E-state index is -0.645. The highest BCUT2D eigenvalue weighted by Crippen LogP contribution is 2.38. The molecule has 0 spiro atoms. The molecule has 15 heavy (non-hydrogen) atoms. The molecule has 0 aromatic heterocycles. The molecule has 0 aliphatic heterocycles. The van der Waals surface area contributed by atoms with Crippen molar-refractivity contribution in [2.24, 2.45) is 5.92 Å². The lowest BCUT2D eigenvalue weighted by atomic mass is 9.87. The number of aryl methyl sites for hydroxylation is 1. The highest BCUT2D eigenvalue weighted by Gasteiger charge is 2.29. The van der Waals surface area contributed by atoms with Crippen LogP contribution >= 0.6 is 0 Å². The van der Waals surface area contributed by atoms with Gasteiger partial charge in [0.25, 0.3) is 0 Å². The van der Waals surface area contributed by atoms with Crippen LogP contribution < -0.4 is 0 Å². The zero-order valence-electron chi connectivity index (χ0n) is 9.66. The standard InChI is InChI=1S/C14H20O/c1-11-5-3-4-6-13(11)14(2,15)10-9-12-7-8-12/h3-6,12,15H,7-10H2,1-2H3. The van der Waals surface area contributed by atoms with Crippen molar-refractivity contribution < 1.29 is 5.11 Å². The average Bonchev–Trinajstić information content (AvgIpc) is 2.99. The predicted octanol–water partition coefficient (Wildman–Crippen LogP) is 3.39. The molecule has 1 atom stereocenters. The fourth-order valence-electron chi connectivity index (χ4n) is 2.20. The van der Waals surface area contributed by atoms with Gasteiger partial charge < -0.3 is 5.11 Å². The van der Waals surface area contributed by atoms with Gasteiger partial charge in [-0.25, -0.2) is 0 Å². The van der Waals surface area contributed by atoms with E-state index < -0.39 is 5.60 Å².